The van der Waals surface area contributed by atoms with E-state index in [0.29, 0.717) is 34.9 Å². The van der Waals surface area contributed by atoms with Crippen molar-refractivity contribution in [3.8, 4) is 11.4 Å². The molecule has 3 rings (SSSR count). The Bertz CT molecular complexity index is 986. The quantitative estimate of drug-likeness (QED) is 0.630. The molecular formula is C20H22ClN3O3. The summed E-state index contributed by atoms with van der Waals surface area (Å²) in [5.74, 6) is 1.33. The normalized spacial score (nSPS) is 12.3. The van der Waals surface area contributed by atoms with Crippen LogP contribution in [0.2, 0.25) is 5.02 Å². The van der Waals surface area contributed by atoms with Gasteiger partial charge in [0.2, 0.25) is 0 Å². The van der Waals surface area contributed by atoms with Gasteiger partial charge in [-0.05, 0) is 49.4 Å². The van der Waals surface area contributed by atoms with Crippen molar-refractivity contribution in [2.24, 2.45) is 0 Å². The van der Waals surface area contributed by atoms with E-state index in [0.717, 1.165) is 11.4 Å². The summed E-state index contributed by atoms with van der Waals surface area (Å²) in [6.45, 7) is 3.17. The van der Waals surface area contributed by atoms with E-state index < -0.39 is 0 Å². The van der Waals surface area contributed by atoms with Gasteiger partial charge in [-0.3, -0.25) is 9.36 Å². The fourth-order valence-electron chi connectivity index (χ4n) is 2.92. The van der Waals surface area contributed by atoms with Crippen LogP contribution < -0.4 is 15.6 Å². The first-order valence-electron chi connectivity index (χ1n) is 8.64. The Morgan fingerprint density at radius 1 is 1.19 bits per heavy atom. The van der Waals surface area contributed by atoms with Crippen LogP contribution in [0.25, 0.3) is 16.6 Å². The monoisotopic (exact) mass is 387 g/mol. The van der Waals surface area contributed by atoms with Crippen LogP contribution in [0.15, 0.2) is 47.3 Å². The highest BCUT2D eigenvalue weighted by molar-refractivity contribution is 6.31. The summed E-state index contributed by atoms with van der Waals surface area (Å²) in [7, 11) is 3.26. The highest BCUT2D eigenvalue weighted by Crippen LogP contribution is 2.22. The summed E-state index contributed by atoms with van der Waals surface area (Å²) >= 11 is 6.10. The van der Waals surface area contributed by atoms with Gasteiger partial charge in [-0.2, -0.15) is 0 Å². The molecule has 0 aliphatic heterocycles. The molecule has 7 heteroatoms. The van der Waals surface area contributed by atoms with Crippen molar-refractivity contribution in [1.82, 2.24) is 14.9 Å². The first-order valence-corrected chi connectivity index (χ1v) is 9.02. The number of ether oxygens (including phenoxy) is 2. The number of nitrogens with zero attached hydrogens (tertiary/aromatic N) is 2. The minimum atomic E-state index is -0.168. The average Bonchev–Trinajstić information content (AvgIpc) is 2.68. The van der Waals surface area contributed by atoms with Crippen LogP contribution in [0.4, 0.5) is 0 Å². The van der Waals surface area contributed by atoms with Crippen molar-refractivity contribution >= 4 is 22.5 Å². The Balaban J connectivity index is 2.18. The van der Waals surface area contributed by atoms with Crippen molar-refractivity contribution in [3.05, 3.63) is 63.7 Å². The number of halogens is 1. The summed E-state index contributed by atoms with van der Waals surface area (Å²) in [5.41, 5.74) is 1.16. The second kappa shape index (κ2) is 8.52. The largest absolute Gasteiger partial charge is 0.497 e. The molecule has 3 aromatic rings. The highest BCUT2D eigenvalue weighted by Gasteiger charge is 2.18. The van der Waals surface area contributed by atoms with Crippen LogP contribution in [0.3, 0.4) is 0 Å². The smallest absolute Gasteiger partial charge is 0.266 e. The van der Waals surface area contributed by atoms with Crippen LogP contribution in [0.5, 0.6) is 5.75 Å². The standard InChI is InChI=1S/C20H22ClN3O3/c1-13(22-10-11-26-2)19-23-18-12-14(21)4-9-17(18)20(25)24(19)15-5-7-16(27-3)8-6-15/h4-9,12-13,22H,10-11H2,1-3H3. The summed E-state index contributed by atoms with van der Waals surface area (Å²) in [4.78, 5) is 18.0. The predicted octanol–water partition coefficient (Wildman–Crippen LogP) is 3.34. The van der Waals surface area contributed by atoms with E-state index in [4.69, 9.17) is 26.1 Å². The number of hydrogen-bond donors (Lipinski definition) is 1. The molecule has 1 atom stereocenters. The number of hydrogen-bond acceptors (Lipinski definition) is 5. The van der Waals surface area contributed by atoms with Gasteiger partial charge in [-0.25, -0.2) is 4.98 Å². The van der Waals surface area contributed by atoms with Gasteiger partial charge in [0.1, 0.15) is 11.6 Å². The summed E-state index contributed by atoms with van der Waals surface area (Å²) < 4.78 is 11.9. The number of nitrogens with one attached hydrogen (secondary N) is 1. The van der Waals surface area contributed by atoms with Crippen LogP contribution in [-0.2, 0) is 4.74 Å². The molecule has 0 saturated carbocycles. The minimum absolute atomic E-state index is 0.141. The maximum atomic E-state index is 13.2. The first kappa shape index (κ1) is 19.4. The molecular weight excluding hydrogens is 366 g/mol. The molecule has 6 nitrogen and oxygen atoms in total. The van der Waals surface area contributed by atoms with Crippen LogP contribution in [0.1, 0.15) is 18.8 Å². The summed E-state index contributed by atoms with van der Waals surface area (Å²) in [6, 6.07) is 12.3. The summed E-state index contributed by atoms with van der Waals surface area (Å²) in [6.07, 6.45) is 0. The fourth-order valence-corrected chi connectivity index (χ4v) is 3.08. The van der Waals surface area contributed by atoms with Gasteiger partial charge >= 0.3 is 0 Å². The average molecular weight is 388 g/mol. The van der Waals surface area contributed by atoms with E-state index in [9.17, 15) is 4.79 Å². The molecule has 0 saturated heterocycles. The second-order valence-corrected chi connectivity index (χ2v) is 6.58. The highest BCUT2D eigenvalue weighted by atomic mass is 35.5. The summed E-state index contributed by atoms with van der Waals surface area (Å²) in [5, 5.41) is 4.39. The Hall–Kier alpha value is -2.41. The number of methoxy groups -OCH3 is 2. The first-order chi connectivity index (χ1) is 13.0. The number of aromatic nitrogens is 2. The molecule has 0 aliphatic carbocycles. The van der Waals surface area contributed by atoms with Crippen LogP contribution in [-0.4, -0.2) is 36.9 Å². The zero-order valence-electron chi connectivity index (χ0n) is 15.5. The fraction of sp³-hybridized carbons (Fsp3) is 0.300. The van der Waals surface area contributed by atoms with E-state index in [1.165, 1.54) is 0 Å². The van der Waals surface area contributed by atoms with Crippen molar-refractivity contribution < 1.29 is 9.47 Å². The molecule has 0 aliphatic rings. The lowest BCUT2D eigenvalue weighted by Crippen LogP contribution is -2.31. The van der Waals surface area contributed by atoms with Crippen LogP contribution >= 0.6 is 11.6 Å². The van der Waals surface area contributed by atoms with Gasteiger partial charge in [-0.1, -0.05) is 11.6 Å². The van der Waals surface area contributed by atoms with E-state index in [2.05, 4.69) is 5.32 Å². The zero-order valence-corrected chi connectivity index (χ0v) is 16.3. The molecule has 2 aromatic carbocycles. The van der Waals surface area contributed by atoms with Gasteiger partial charge < -0.3 is 14.8 Å². The minimum Gasteiger partial charge on any atom is -0.497 e. The SMILES string of the molecule is COCCNC(C)c1nc2cc(Cl)ccc2c(=O)n1-c1ccc(OC)cc1. The molecule has 0 fully saturated rings. The van der Waals surface area contributed by atoms with E-state index in [-0.39, 0.29) is 11.6 Å². The Labute approximate surface area is 162 Å². The van der Waals surface area contributed by atoms with Crippen molar-refractivity contribution in [2.75, 3.05) is 27.4 Å². The van der Waals surface area contributed by atoms with Crippen molar-refractivity contribution in [1.29, 1.82) is 0 Å². The van der Waals surface area contributed by atoms with Gasteiger partial charge in [0.05, 0.1) is 36.3 Å². The maximum Gasteiger partial charge on any atom is 0.266 e. The molecule has 1 aromatic heterocycles. The molecule has 0 radical (unpaired) electrons. The predicted molar refractivity (Wildman–Crippen MR) is 107 cm³/mol. The van der Waals surface area contributed by atoms with Gasteiger partial charge in [-0.15, -0.1) is 0 Å². The molecule has 0 amide bonds. The number of benzene rings is 2. The lowest BCUT2D eigenvalue weighted by molar-refractivity contribution is 0.196. The van der Waals surface area contributed by atoms with E-state index in [1.54, 1.807) is 37.0 Å². The van der Waals surface area contributed by atoms with Crippen LogP contribution in [0, 0.1) is 0 Å². The third-order valence-corrected chi connectivity index (χ3v) is 4.57. The molecule has 0 bridgehead atoms. The topological polar surface area (TPSA) is 65.4 Å². The number of fused-ring (bicyclic) bond motifs is 1. The second-order valence-electron chi connectivity index (χ2n) is 6.14. The molecule has 27 heavy (non-hydrogen) atoms. The maximum absolute atomic E-state index is 13.2. The van der Waals surface area contributed by atoms with Gasteiger partial charge in [0, 0.05) is 18.7 Å². The lowest BCUT2D eigenvalue weighted by Gasteiger charge is -2.20. The Kier molecular flexibility index (Phi) is 6.11. The van der Waals surface area contributed by atoms with Crippen molar-refractivity contribution in [2.45, 2.75) is 13.0 Å². The lowest BCUT2D eigenvalue weighted by atomic mass is 10.2. The Morgan fingerprint density at radius 3 is 2.59 bits per heavy atom. The zero-order chi connectivity index (χ0) is 19.4. The molecule has 1 heterocycles. The molecule has 142 valence electrons. The Morgan fingerprint density at radius 2 is 1.93 bits per heavy atom. The third-order valence-electron chi connectivity index (χ3n) is 4.33. The van der Waals surface area contributed by atoms with Gasteiger partial charge in [0.25, 0.3) is 5.56 Å². The molecule has 1 unspecified atom stereocenters. The molecule has 0 spiro atoms. The van der Waals surface area contributed by atoms with E-state index in [1.807, 2.05) is 31.2 Å². The van der Waals surface area contributed by atoms with Gasteiger partial charge in [0.15, 0.2) is 0 Å². The van der Waals surface area contributed by atoms with Crippen molar-refractivity contribution in [3.63, 3.8) is 0 Å². The molecule has 1 N–H and O–H groups in total. The number of rotatable bonds is 7. The third kappa shape index (κ3) is 4.13. The van der Waals surface area contributed by atoms with E-state index >= 15 is 0 Å².